The van der Waals surface area contributed by atoms with Crippen LogP contribution in [0, 0.1) is 72.9 Å². The average molecular weight is 1910 g/mol. The molecule has 136 heavy (non-hydrogen) atoms. The number of methoxy groups -OCH3 is 1. The van der Waals surface area contributed by atoms with Crippen molar-refractivity contribution in [1.82, 2.24) is 74.3 Å². The van der Waals surface area contributed by atoms with Gasteiger partial charge in [0.2, 0.25) is 0 Å². The van der Waals surface area contributed by atoms with Gasteiger partial charge in [-0.3, -0.25) is 38.9 Å². The van der Waals surface area contributed by atoms with Gasteiger partial charge >= 0.3 is 30.5 Å². The van der Waals surface area contributed by atoms with Crippen LogP contribution in [0.5, 0.6) is 28.7 Å². The number of halogens is 2. The average Bonchev–Trinajstić information content (AvgIpc) is 0.901. The van der Waals surface area contributed by atoms with Gasteiger partial charge in [0.25, 0.3) is 0 Å². The number of hydrogen-bond donors (Lipinski definition) is 0. The molecule has 0 N–H and O–H groups in total. The largest absolute Gasteiger partial charge is 0.487 e. The zero-order chi connectivity index (χ0) is 98.0. The lowest BCUT2D eigenvalue weighted by molar-refractivity contribution is 0.00154. The van der Waals surface area contributed by atoms with Crippen molar-refractivity contribution in [2.75, 3.05) is 92.4 Å². The van der Waals surface area contributed by atoms with E-state index in [4.69, 9.17) is 42.6 Å². The summed E-state index contributed by atoms with van der Waals surface area (Å²) in [6.45, 7) is 31.8. The second-order valence-corrected chi connectivity index (χ2v) is 35.5. The molecular formula is C97H111F2N15O20S2. The van der Waals surface area contributed by atoms with E-state index in [9.17, 15) is 56.7 Å². The monoisotopic (exact) mass is 1910 g/mol. The molecule has 720 valence electrons. The van der Waals surface area contributed by atoms with E-state index in [1.54, 1.807) is 112 Å². The quantitative estimate of drug-likeness (QED) is 0.0288. The molecule has 15 heterocycles. The summed E-state index contributed by atoms with van der Waals surface area (Å²) in [6, 6.07) is 26.2. The third-order valence-electron chi connectivity index (χ3n) is 20.4. The Morgan fingerprint density at radius 1 is 0.368 bits per heavy atom. The Morgan fingerprint density at radius 2 is 0.669 bits per heavy atom. The predicted molar refractivity (Wildman–Crippen MR) is 495 cm³/mol. The minimum Gasteiger partial charge on any atom is -0.487 e. The number of carbonyl (C=O) groups is 10. The summed E-state index contributed by atoms with van der Waals surface area (Å²) in [5, 5.41) is 5.40. The molecule has 0 bridgehead atoms. The van der Waals surface area contributed by atoms with E-state index in [2.05, 4.69) is 54.6 Å². The molecule has 0 saturated carbocycles. The molecule has 10 aromatic rings. The number of aromatic nitrogens is 10. The highest BCUT2D eigenvalue weighted by Gasteiger charge is 2.39. The lowest BCUT2D eigenvalue weighted by Crippen LogP contribution is -2.56. The zero-order valence-corrected chi connectivity index (χ0v) is 80.2. The molecule has 0 aromatic carbocycles. The summed E-state index contributed by atoms with van der Waals surface area (Å²) < 4.78 is 80.3. The van der Waals surface area contributed by atoms with Gasteiger partial charge in [-0.25, -0.2) is 67.6 Å². The lowest BCUT2D eigenvalue weighted by Gasteiger charge is -2.38. The number of pyridine rings is 8. The Balaban J connectivity index is 0.000000163. The van der Waals surface area contributed by atoms with Gasteiger partial charge in [0.1, 0.15) is 109 Å². The van der Waals surface area contributed by atoms with Crippen LogP contribution >= 0.6 is 22.7 Å². The number of ether oxygens (including phenoxy) is 10. The first-order valence-corrected chi connectivity index (χ1v) is 46.1. The minimum atomic E-state index is -0.451. The molecule has 5 aliphatic rings. The molecule has 39 heteroatoms. The van der Waals surface area contributed by atoms with Crippen molar-refractivity contribution in [1.29, 1.82) is 0 Å². The maximum Gasteiger partial charge on any atom is 0.410 e. The summed E-state index contributed by atoms with van der Waals surface area (Å²) in [5.41, 5.74) is 9.55. The number of Topliss-reactive ketones (excluding diaryl/α,β-unsaturated/α-hetero) is 5. The summed E-state index contributed by atoms with van der Waals surface area (Å²) in [6.07, 6.45) is 2.88. The van der Waals surface area contributed by atoms with Crippen molar-refractivity contribution in [2.24, 2.45) is 5.92 Å². The molecule has 10 aromatic heterocycles. The molecule has 0 spiro atoms. The van der Waals surface area contributed by atoms with Gasteiger partial charge in [0.15, 0.2) is 28.9 Å². The van der Waals surface area contributed by atoms with Gasteiger partial charge < -0.3 is 71.9 Å². The van der Waals surface area contributed by atoms with Gasteiger partial charge in [-0.05, 0) is 124 Å². The normalized spacial score (nSPS) is 13.9. The summed E-state index contributed by atoms with van der Waals surface area (Å²) in [4.78, 5) is 171. The van der Waals surface area contributed by atoms with Crippen molar-refractivity contribution < 1.29 is 104 Å². The van der Waals surface area contributed by atoms with Crippen LogP contribution in [0.1, 0.15) is 173 Å². The number of likely N-dealkylation sites (tertiary alicyclic amines) is 5. The molecule has 0 atom stereocenters. The van der Waals surface area contributed by atoms with E-state index in [1.165, 1.54) is 54.0 Å². The Kier molecular flexibility index (Phi) is 36.8. The van der Waals surface area contributed by atoms with E-state index < -0.39 is 11.6 Å². The maximum atomic E-state index is 13.0. The van der Waals surface area contributed by atoms with Crippen LogP contribution in [-0.2, 0) is 55.8 Å². The molecule has 0 unspecified atom stereocenters. The van der Waals surface area contributed by atoms with E-state index in [1.807, 2.05) is 99.1 Å². The Bertz CT molecular complexity index is 5840. The van der Waals surface area contributed by atoms with Gasteiger partial charge in [0.05, 0.1) is 143 Å². The summed E-state index contributed by atoms with van der Waals surface area (Å²) in [7, 11) is 1.35. The number of thiazole rings is 2. The number of aryl methyl sites for hydroxylation is 8. The third-order valence-corrected chi connectivity index (χ3v) is 22.3. The second-order valence-electron chi connectivity index (χ2n) is 33.6. The smallest absolute Gasteiger partial charge is 0.410 e. The Hall–Kier alpha value is -14.0. The molecule has 5 fully saturated rings. The number of hydrogen-bond acceptors (Lipinski definition) is 32. The van der Waals surface area contributed by atoms with Crippen molar-refractivity contribution in [3.8, 4) is 28.7 Å². The molecule has 0 radical (unpaired) electrons. The third kappa shape index (κ3) is 31.6. The van der Waals surface area contributed by atoms with E-state index in [0.717, 1.165) is 45.8 Å². The predicted octanol–water partition coefficient (Wildman–Crippen LogP) is 14.5. The summed E-state index contributed by atoms with van der Waals surface area (Å²) in [5.74, 6) is 1.43. The first-order valence-electron chi connectivity index (χ1n) is 44.3. The molecule has 35 nitrogen and oxygen atoms in total. The topological polar surface area (TPSA) is 408 Å². The fraction of sp³-hybridized carbons (Fsp3) is 0.423. The van der Waals surface area contributed by atoms with Crippen LogP contribution in [-0.4, -0.2) is 263 Å². The standard InChI is InChI=1S/C21H24FN3O4.C20H22FN3O4.C20H23N3O4.C19H23N3O4S.C17H19N3O4S/c1-13(2)12-28-21(27)25-10-18(11-25)29-17-6-14(3)24-19(8-17)20(26)7-16-5-4-15(22)9-23-16;1-3-6-27-20(26)24-11-17(12-24)28-16-7-13(2)23-18(9-16)19(25)8-15-5-4-14(21)10-22-15;1-4-26-20(25)23-11-17(12-23)27-16-7-14(3)22-18(9-16)19(24)8-15-6-5-13(2)10-21-15;1-11(2)25-19(24)22-8-15(9-22)26-14-5-12(3)20-16(6-14)17(23)7-18-21-13(4)10-27-18;1-10-4-12(24-13-7-20(8-13)17(22)23-3)5-14(18-10)15(21)6-16-19-11(2)9-25-16/h4-6,8-9,13,18H,7,10-12H2,1-3H3;4-5,7,9-10,17H,3,6,8,11-12H2,1-2H3;5-7,9-10,17H,4,8,11-12H2,1-3H3;5-6,10-11,15H,7-9H2,1-4H3;4-5,9,13H,6-8H2,1-3H3. The first-order chi connectivity index (χ1) is 64.9. The van der Waals surface area contributed by atoms with Gasteiger partial charge in [0, 0.05) is 135 Å². The lowest BCUT2D eigenvalue weighted by atomic mass is 10.1. The number of amides is 5. The Morgan fingerprint density at radius 3 is 0.941 bits per heavy atom. The SMILES string of the molecule is CCCOC(=O)N1CC(Oc2cc(C)nc(C(=O)Cc3ccc(F)cn3)c2)C1.CCOC(=O)N1CC(Oc2cc(C)nc(C(=O)Cc3ccc(C)cn3)c2)C1.COC(=O)N1CC(Oc2cc(C)nc(C(=O)Cc3nc(C)cs3)c2)C1.Cc1cc(OC2CN(C(=O)OC(C)C)C2)cc(C(=O)Cc2nc(C)cs2)n1.Cc1cc(OC2CN(C(=O)OCC(C)C)C2)cc(C(=O)Cc2ccc(F)cn2)n1. The molecule has 5 aliphatic heterocycles. The number of carbonyl (C=O) groups excluding carboxylic acids is 10. The van der Waals surface area contributed by atoms with Crippen molar-refractivity contribution in [2.45, 2.75) is 172 Å². The fourth-order valence-corrected chi connectivity index (χ4v) is 15.1. The van der Waals surface area contributed by atoms with E-state index in [-0.39, 0.29) is 145 Å². The highest BCUT2D eigenvalue weighted by Crippen LogP contribution is 2.29. The Labute approximate surface area is 794 Å². The van der Waals surface area contributed by atoms with Crippen molar-refractivity contribution in [3.05, 3.63) is 239 Å². The zero-order valence-electron chi connectivity index (χ0n) is 78.5. The van der Waals surface area contributed by atoms with Crippen LogP contribution in [0.15, 0.2) is 126 Å². The van der Waals surface area contributed by atoms with Gasteiger partial charge in [-0.2, -0.15) is 0 Å². The number of ketones is 5. The molecular weight excluding hydrogens is 1800 g/mol. The van der Waals surface area contributed by atoms with Crippen LogP contribution in [0.3, 0.4) is 0 Å². The van der Waals surface area contributed by atoms with Crippen LogP contribution in [0.4, 0.5) is 32.8 Å². The number of nitrogens with zero attached hydrogens (tertiary/aromatic N) is 15. The van der Waals surface area contributed by atoms with Crippen LogP contribution < -0.4 is 23.7 Å². The van der Waals surface area contributed by atoms with Gasteiger partial charge in [-0.1, -0.05) is 26.8 Å². The van der Waals surface area contributed by atoms with Crippen molar-refractivity contribution >= 4 is 82.1 Å². The maximum absolute atomic E-state index is 13.0. The fourth-order valence-electron chi connectivity index (χ4n) is 13.6. The highest BCUT2D eigenvalue weighted by molar-refractivity contribution is 7.10. The van der Waals surface area contributed by atoms with E-state index in [0.29, 0.717) is 177 Å². The molecule has 15 rings (SSSR count). The van der Waals surface area contributed by atoms with Gasteiger partial charge in [-0.15, -0.1) is 22.7 Å². The first kappa shape index (κ1) is 103. The van der Waals surface area contributed by atoms with Crippen LogP contribution in [0.2, 0.25) is 0 Å². The molecule has 5 saturated heterocycles. The highest BCUT2D eigenvalue weighted by atomic mass is 32.1. The summed E-state index contributed by atoms with van der Waals surface area (Å²) >= 11 is 2.94. The molecule has 0 aliphatic carbocycles. The minimum absolute atomic E-state index is 0.0229. The molecule has 5 amide bonds. The second kappa shape index (κ2) is 48.8. The van der Waals surface area contributed by atoms with Crippen LogP contribution in [0.25, 0.3) is 0 Å². The van der Waals surface area contributed by atoms with Crippen molar-refractivity contribution in [3.63, 3.8) is 0 Å². The number of rotatable bonds is 31. The van der Waals surface area contributed by atoms with E-state index >= 15 is 0 Å².